The van der Waals surface area contributed by atoms with Gasteiger partial charge in [-0.05, 0) is 6.42 Å². The largest absolute Gasteiger partial charge is 0.387 e. The molecule has 52 valence electrons. The van der Waals surface area contributed by atoms with Crippen molar-refractivity contribution in [3.8, 4) is 0 Å². The van der Waals surface area contributed by atoms with Gasteiger partial charge in [0.2, 0.25) is 0 Å². The van der Waals surface area contributed by atoms with Gasteiger partial charge < -0.3 is 9.84 Å². The Labute approximate surface area is 55.1 Å². The number of aliphatic hydroxyl groups is 1. The van der Waals surface area contributed by atoms with E-state index in [9.17, 15) is 5.11 Å². The summed E-state index contributed by atoms with van der Waals surface area (Å²) in [7, 11) is 0. The second-order valence-corrected chi connectivity index (χ2v) is 2.52. The summed E-state index contributed by atoms with van der Waals surface area (Å²) >= 11 is 0. The van der Waals surface area contributed by atoms with Crippen LogP contribution in [0, 0.1) is 0 Å². The van der Waals surface area contributed by atoms with Crippen LogP contribution in [0.25, 0.3) is 0 Å². The molecule has 0 spiro atoms. The van der Waals surface area contributed by atoms with Crippen molar-refractivity contribution in [3.63, 3.8) is 0 Å². The van der Waals surface area contributed by atoms with Crippen LogP contribution in [-0.2, 0) is 4.74 Å². The first-order chi connectivity index (χ1) is 4.27. The summed E-state index contributed by atoms with van der Waals surface area (Å²) < 4.78 is 5.01. The van der Waals surface area contributed by atoms with Crippen LogP contribution in [0.2, 0.25) is 0 Å². The first-order valence-corrected chi connectivity index (χ1v) is 3.18. The summed E-state index contributed by atoms with van der Waals surface area (Å²) in [6.45, 7) is 4.71. The molecule has 2 nitrogen and oxygen atoms in total. The van der Waals surface area contributed by atoms with Crippen LogP contribution in [0.15, 0.2) is 12.7 Å². The SMILES string of the molecule is C=CCC1(O)CCOC1. The third-order valence-electron chi connectivity index (χ3n) is 1.61. The molecule has 1 aliphatic heterocycles. The van der Waals surface area contributed by atoms with E-state index < -0.39 is 5.60 Å². The van der Waals surface area contributed by atoms with E-state index in [1.807, 2.05) is 0 Å². The van der Waals surface area contributed by atoms with Gasteiger partial charge in [-0.25, -0.2) is 0 Å². The van der Waals surface area contributed by atoms with Gasteiger partial charge in [-0.15, -0.1) is 6.58 Å². The van der Waals surface area contributed by atoms with E-state index in [-0.39, 0.29) is 0 Å². The van der Waals surface area contributed by atoms with E-state index in [1.54, 1.807) is 6.08 Å². The summed E-state index contributed by atoms with van der Waals surface area (Å²) in [5.74, 6) is 0. The standard InChI is InChI=1S/C7H12O2/c1-2-3-7(8)4-5-9-6-7/h2,8H,1,3-6H2. The van der Waals surface area contributed by atoms with Crippen molar-refractivity contribution in [2.75, 3.05) is 13.2 Å². The number of hydrogen-bond acceptors (Lipinski definition) is 2. The molecule has 1 rings (SSSR count). The molecule has 1 atom stereocenters. The lowest BCUT2D eigenvalue weighted by Gasteiger charge is -2.16. The van der Waals surface area contributed by atoms with E-state index in [2.05, 4.69) is 6.58 Å². The molecule has 9 heavy (non-hydrogen) atoms. The van der Waals surface area contributed by atoms with Gasteiger partial charge in [-0.2, -0.15) is 0 Å². The van der Waals surface area contributed by atoms with Gasteiger partial charge >= 0.3 is 0 Å². The monoisotopic (exact) mass is 128 g/mol. The highest BCUT2D eigenvalue weighted by Crippen LogP contribution is 2.21. The van der Waals surface area contributed by atoms with Gasteiger partial charge in [0.1, 0.15) is 0 Å². The van der Waals surface area contributed by atoms with Crippen LogP contribution in [0.5, 0.6) is 0 Å². The normalized spacial score (nSPS) is 34.8. The first-order valence-electron chi connectivity index (χ1n) is 3.18. The molecule has 1 fully saturated rings. The molecule has 1 aliphatic rings. The van der Waals surface area contributed by atoms with Crippen molar-refractivity contribution in [2.45, 2.75) is 18.4 Å². The molecule has 1 N–H and O–H groups in total. The Kier molecular flexibility index (Phi) is 1.88. The fourth-order valence-electron chi connectivity index (χ4n) is 1.03. The molecule has 0 aliphatic carbocycles. The third-order valence-corrected chi connectivity index (χ3v) is 1.61. The average Bonchev–Trinajstić information content (AvgIpc) is 2.16. The van der Waals surface area contributed by atoms with Crippen LogP contribution in [0.1, 0.15) is 12.8 Å². The van der Waals surface area contributed by atoms with E-state index >= 15 is 0 Å². The summed E-state index contributed by atoms with van der Waals surface area (Å²) in [5.41, 5.74) is -0.595. The summed E-state index contributed by atoms with van der Waals surface area (Å²) in [6, 6.07) is 0. The minimum atomic E-state index is -0.595. The van der Waals surface area contributed by atoms with E-state index in [4.69, 9.17) is 4.74 Å². The zero-order valence-electron chi connectivity index (χ0n) is 5.47. The Balaban J connectivity index is 2.40. The fourth-order valence-corrected chi connectivity index (χ4v) is 1.03. The van der Waals surface area contributed by atoms with Crippen molar-refractivity contribution in [3.05, 3.63) is 12.7 Å². The van der Waals surface area contributed by atoms with E-state index in [0.29, 0.717) is 19.6 Å². The van der Waals surface area contributed by atoms with Crippen LogP contribution in [-0.4, -0.2) is 23.9 Å². The molecular formula is C7H12O2. The lowest BCUT2D eigenvalue weighted by atomic mass is 10.00. The van der Waals surface area contributed by atoms with Crippen molar-refractivity contribution < 1.29 is 9.84 Å². The van der Waals surface area contributed by atoms with Crippen molar-refractivity contribution >= 4 is 0 Å². The molecule has 1 saturated heterocycles. The Bertz CT molecular complexity index is 103. The zero-order chi connectivity index (χ0) is 6.74. The summed E-state index contributed by atoms with van der Waals surface area (Å²) in [4.78, 5) is 0. The molecule has 1 heterocycles. The molecule has 0 aromatic carbocycles. The predicted octanol–water partition coefficient (Wildman–Crippen LogP) is 0.714. The maximum absolute atomic E-state index is 9.50. The van der Waals surface area contributed by atoms with Gasteiger partial charge in [0.15, 0.2) is 0 Å². The molecule has 0 amide bonds. The van der Waals surface area contributed by atoms with Crippen LogP contribution >= 0.6 is 0 Å². The molecular weight excluding hydrogens is 116 g/mol. The maximum Gasteiger partial charge on any atom is 0.0936 e. The zero-order valence-corrected chi connectivity index (χ0v) is 5.47. The Morgan fingerprint density at radius 2 is 2.56 bits per heavy atom. The molecule has 0 aromatic heterocycles. The molecule has 0 radical (unpaired) electrons. The minimum absolute atomic E-state index is 0.471. The highest BCUT2D eigenvalue weighted by atomic mass is 16.5. The number of hydrogen-bond donors (Lipinski definition) is 1. The smallest absolute Gasteiger partial charge is 0.0936 e. The highest BCUT2D eigenvalue weighted by molar-refractivity contribution is 4.89. The lowest BCUT2D eigenvalue weighted by molar-refractivity contribution is 0.0294. The Morgan fingerprint density at radius 1 is 1.78 bits per heavy atom. The Hall–Kier alpha value is -0.340. The summed E-state index contributed by atoms with van der Waals surface area (Å²) in [5, 5.41) is 9.50. The van der Waals surface area contributed by atoms with Crippen LogP contribution < -0.4 is 0 Å². The topological polar surface area (TPSA) is 29.5 Å². The van der Waals surface area contributed by atoms with Crippen molar-refractivity contribution in [1.82, 2.24) is 0 Å². The van der Waals surface area contributed by atoms with Gasteiger partial charge in [0.25, 0.3) is 0 Å². The second kappa shape index (κ2) is 2.50. The average molecular weight is 128 g/mol. The van der Waals surface area contributed by atoms with Gasteiger partial charge in [0, 0.05) is 13.0 Å². The van der Waals surface area contributed by atoms with Gasteiger partial charge in [-0.3, -0.25) is 0 Å². The molecule has 2 heteroatoms. The van der Waals surface area contributed by atoms with Crippen molar-refractivity contribution in [2.24, 2.45) is 0 Å². The van der Waals surface area contributed by atoms with Crippen LogP contribution in [0.3, 0.4) is 0 Å². The molecule has 0 bridgehead atoms. The quantitative estimate of drug-likeness (QED) is 0.555. The first kappa shape index (κ1) is 6.78. The van der Waals surface area contributed by atoms with Crippen molar-refractivity contribution in [1.29, 1.82) is 0 Å². The lowest BCUT2D eigenvalue weighted by Crippen LogP contribution is -2.27. The third kappa shape index (κ3) is 1.53. The number of ether oxygens (including phenoxy) is 1. The van der Waals surface area contributed by atoms with Crippen LogP contribution in [0.4, 0.5) is 0 Å². The summed E-state index contributed by atoms with van der Waals surface area (Å²) in [6.07, 6.45) is 3.13. The highest BCUT2D eigenvalue weighted by Gasteiger charge is 2.30. The second-order valence-electron chi connectivity index (χ2n) is 2.52. The minimum Gasteiger partial charge on any atom is -0.387 e. The van der Waals surface area contributed by atoms with E-state index in [0.717, 1.165) is 6.42 Å². The predicted molar refractivity (Wildman–Crippen MR) is 35.2 cm³/mol. The molecule has 1 unspecified atom stereocenters. The molecule has 0 saturated carbocycles. The number of rotatable bonds is 2. The maximum atomic E-state index is 9.50. The van der Waals surface area contributed by atoms with E-state index in [1.165, 1.54) is 0 Å². The van der Waals surface area contributed by atoms with Gasteiger partial charge in [0.05, 0.1) is 12.2 Å². The van der Waals surface area contributed by atoms with Gasteiger partial charge in [-0.1, -0.05) is 6.08 Å². The Morgan fingerprint density at radius 3 is 3.00 bits per heavy atom. The molecule has 0 aromatic rings. The fraction of sp³-hybridized carbons (Fsp3) is 0.714.